The third-order valence-electron chi connectivity index (χ3n) is 6.75. The molecule has 17 nitrogen and oxygen atoms in total. The molecule has 0 spiro atoms. The van der Waals surface area contributed by atoms with Gasteiger partial charge < -0.3 is 20.8 Å². The van der Waals surface area contributed by atoms with E-state index < -0.39 is 35.5 Å². The zero-order valence-corrected chi connectivity index (χ0v) is 26.0. The molecular formula is C28H16Cl2N12O5S. The van der Waals surface area contributed by atoms with Crippen molar-refractivity contribution in [1.82, 2.24) is 19.1 Å². The molecule has 2 aliphatic heterocycles. The van der Waals surface area contributed by atoms with Crippen molar-refractivity contribution in [3.63, 3.8) is 0 Å². The van der Waals surface area contributed by atoms with E-state index in [0.29, 0.717) is 21.4 Å². The van der Waals surface area contributed by atoms with Gasteiger partial charge >= 0.3 is 12.1 Å². The summed E-state index contributed by atoms with van der Waals surface area (Å²) >= 11 is 12.9. The van der Waals surface area contributed by atoms with Crippen LogP contribution in [0.15, 0.2) is 96.5 Å². The lowest BCUT2D eigenvalue weighted by Gasteiger charge is -2.12. The Balaban J connectivity index is 1.23. The van der Waals surface area contributed by atoms with E-state index in [0.717, 1.165) is 20.5 Å². The van der Waals surface area contributed by atoms with Gasteiger partial charge in [0.05, 0.1) is 4.88 Å². The number of aliphatic imine (C=N–C) groups is 2. The van der Waals surface area contributed by atoms with Gasteiger partial charge in [-0.1, -0.05) is 29.3 Å². The molecule has 20 heteroatoms. The van der Waals surface area contributed by atoms with E-state index >= 15 is 0 Å². The largest absolute Gasteiger partial charge is 0.493 e. The van der Waals surface area contributed by atoms with Gasteiger partial charge in [0.25, 0.3) is 23.8 Å². The van der Waals surface area contributed by atoms with Crippen LogP contribution in [0, 0.1) is 0 Å². The standard InChI is InChI=1S/C28H16Cl2N12O5S/c29-12-3-7-14(8-4-12)31-27(46)35-25-39-37-23-33-18(21(44)41(23)25)17(20(43)16-2-1-11-48-16)19-22(45)42-24(34-19)38-40-26(42)36-28(47)32-15-9-5-13(30)6-10-15/h1-11,17,44-45H,(H,31,46)(H,32,47)/b35-25+,36-26+. The Labute approximate surface area is 281 Å². The van der Waals surface area contributed by atoms with E-state index in [-0.39, 0.29) is 40.1 Å². The molecule has 0 saturated carbocycles. The van der Waals surface area contributed by atoms with E-state index in [4.69, 9.17) is 23.2 Å². The number of Topliss-reactive ketones (excluding diaryl/α,β-unsaturated/α-hetero) is 1. The van der Waals surface area contributed by atoms with Crippen molar-refractivity contribution < 1.29 is 24.6 Å². The molecule has 48 heavy (non-hydrogen) atoms. The number of fused-ring (bicyclic) bond motifs is 2. The fourth-order valence-electron chi connectivity index (χ4n) is 4.63. The zero-order valence-electron chi connectivity index (χ0n) is 23.7. The number of benzene rings is 2. The average Bonchev–Trinajstić information content (AvgIpc) is 3.89. The van der Waals surface area contributed by atoms with Crippen LogP contribution in [0.25, 0.3) is 0 Å². The highest BCUT2D eigenvalue weighted by Crippen LogP contribution is 2.43. The third kappa shape index (κ3) is 5.70. The van der Waals surface area contributed by atoms with Gasteiger partial charge in [0.15, 0.2) is 5.78 Å². The van der Waals surface area contributed by atoms with Crippen LogP contribution < -0.4 is 10.6 Å². The molecule has 0 atom stereocenters. The van der Waals surface area contributed by atoms with Crippen LogP contribution in [0.2, 0.25) is 10.0 Å². The average molecular weight is 703 g/mol. The molecule has 0 radical (unpaired) electrons. The number of urea groups is 2. The maximum absolute atomic E-state index is 13.9. The van der Waals surface area contributed by atoms with Gasteiger partial charge in [0.2, 0.25) is 11.8 Å². The lowest BCUT2D eigenvalue weighted by molar-refractivity contribution is 0.0972. The summed E-state index contributed by atoms with van der Waals surface area (Å²) in [6.45, 7) is 0. The van der Waals surface area contributed by atoms with E-state index in [1.807, 2.05) is 0 Å². The summed E-state index contributed by atoms with van der Waals surface area (Å²) in [5.74, 6) is -4.51. The zero-order chi connectivity index (χ0) is 33.5. The molecule has 2 aliphatic rings. The highest BCUT2D eigenvalue weighted by atomic mass is 35.5. The van der Waals surface area contributed by atoms with Gasteiger partial charge in [-0.25, -0.2) is 28.7 Å². The number of hydrogen-bond donors (Lipinski definition) is 4. The SMILES string of the molecule is O=C(/N=C1\N=Nc2nc(C(C(=O)c3cccs3)c3nc4n(c3O)/C(=N/C(=O)Nc3ccc(Cl)cc3)N=N4)c(O)n21)Nc1ccc(Cl)cc1. The third-order valence-corrected chi connectivity index (χ3v) is 8.14. The second kappa shape index (κ2) is 12.2. The fraction of sp³-hybridized carbons (Fsp3) is 0.0357. The molecule has 4 amide bonds. The van der Waals surface area contributed by atoms with Crippen molar-refractivity contribution >= 4 is 87.6 Å². The highest BCUT2D eigenvalue weighted by Gasteiger charge is 2.40. The number of anilines is 2. The van der Waals surface area contributed by atoms with Crippen molar-refractivity contribution in [2.45, 2.75) is 5.92 Å². The number of amides is 4. The lowest BCUT2D eigenvalue weighted by Crippen LogP contribution is -2.17. The van der Waals surface area contributed by atoms with Crippen molar-refractivity contribution in [2.75, 3.05) is 10.6 Å². The summed E-state index contributed by atoms with van der Waals surface area (Å²) in [5, 5.41) is 45.8. The number of imidazole rings is 2. The fourth-order valence-corrected chi connectivity index (χ4v) is 5.57. The number of carbonyl (C=O) groups is 3. The molecule has 3 aromatic heterocycles. The molecule has 7 rings (SSSR count). The highest BCUT2D eigenvalue weighted by molar-refractivity contribution is 7.12. The lowest BCUT2D eigenvalue weighted by atomic mass is 9.95. The minimum atomic E-state index is -1.53. The number of aromatic nitrogens is 4. The van der Waals surface area contributed by atoms with E-state index in [2.05, 4.69) is 51.0 Å². The summed E-state index contributed by atoms with van der Waals surface area (Å²) in [6, 6.07) is 14.0. The Morgan fingerprint density at radius 3 is 1.58 bits per heavy atom. The molecule has 0 fully saturated rings. The summed E-state index contributed by atoms with van der Waals surface area (Å²) in [6.07, 6.45) is 0. The predicted molar refractivity (Wildman–Crippen MR) is 174 cm³/mol. The monoisotopic (exact) mass is 702 g/mol. The summed E-state index contributed by atoms with van der Waals surface area (Å²) in [4.78, 5) is 55.7. The Hall–Kier alpha value is -6.11. The number of hydrogen-bond acceptors (Lipinski definition) is 10. The minimum absolute atomic E-state index is 0.198. The number of aromatic hydroxyl groups is 2. The Morgan fingerprint density at radius 1 is 0.708 bits per heavy atom. The topological polar surface area (TPSA) is 226 Å². The van der Waals surface area contributed by atoms with Crippen molar-refractivity contribution in [3.05, 3.63) is 92.4 Å². The van der Waals surface area contributed by atoms with Crippen LogP contribution in [0.3, 0.4) is 0 Å². The van der Waals surface area contributed by atoms with Gasteiger partial charge in [-0.3, -0.25) is 4.79 Å². The Kier molecular flexibility index (Phi) is 7.79. The molecular weight excluding hydrogens is 687 g/mol. The summed E-state index contributed by atoms with van der Waals surface area (Å²) in [5.41, 5.74) is 0.227. The van der Waals surface area contributed by atoms with Gasteiger partial charge in [-0.2, -0.15) is 9.98 Å². The number of carbonyl (C=O) groups excluding carboxylic acids is 3. The first-order valence-electron chi connectivity index (χ1n) is 13.5. The number of azo groups is 2. The number of nitrogens with zero attached hydrogens (tertiary/aromatic N) is 10. The van der Waals surface area contributed by atoms with Crippen LogP contribution in [0.1, 0.15) is 27.0 Å². The summed E-state index contributed by atoms with van der Waals surface area (Å²) in [7, 11) is 0. The number of rotatable bonds is 6. The molecule has 4 N–H and O–H groups in total. The van der Waals surface area contributed by atoms with E-state index in [1.54, 1.807) is 66.0 Å². The van der Waals surface area contributed by atoms with Gasteiger partial charge in [0.1, 0.15) is 17.3 Å². The second-order valence-electron chi connectivity index (χ2n) is 9.78. The molecule has 5 aromatic rings. The van der Waals surface area contributed by atoms with Crippen LogP contribution in [-0.4, -0.2) is 59.1 Å². The molecule has 0 aliphatic carbocycles. The number of halogens is 2. The Bertz CT molecular complexity index is 2100. The molecule has 238 valence electrons. The molecule has 0 unspecified atom stereocenters. The van der Waals surface area contributed by atoms with E-state index in [1.165, 1.54) is 0 Å². The maximum atomic E-state index is 13.9. The minimum Gasteiger partial charge on any atom is -0.493 e. The van der Waals surface area contributed by atoms with Crippen molar-refractivity contribution in [3.8, 4) is 11.8 Å². The quantitative estimate of drug-likeness (QED) is 0.136. The smallest absolute Gasteiger partial charge is 0.348 e. The van der Waals surface area contributed by atoms with Crippen LogP contribution in [0.4, 0.5) is 32.9 Å². The predicted octanol–water partition coefficient (Wildman–Crippen LogP) is 6.94. The first kappa shape index (κ1) is 30.5. The number of nitrogens with one attached hydrogen (secondary N) is 2. The molecule has 0 bridgehead atoms. The van der Waals surface area contributed by atoms with Crippen LogP contribution in [0.5, 0.6) is 11.8 Å². The Morgan fingerprint density at radius 2 is 1.17 bits per heavy atom. The number of ketones is 1. The van der Waals surface area contributed by atoms with Gasteiger partial charge in [-0.05, 0) is 60.0 Å². The van der Waals surface area contributed by atoms with E-state index in [9.17, 15) is 24.6 Å². The number of thiophene rings is 1. The first-order chi connectivity index (χ1) is 23.2. The van der Waals surface area contributed by atoms with Crippen LogP contribution in [-0.2, 0) is 0 Å². The first-order valence-corrected chi connectivity index (χ1v) is 15.2. The van der Waals surface area contributed by atoms with Crippen molar-refractivity contribution in [1.29, 1.82) is 0 Å². The van der Waals surface area contributed by atoms with Crippen molar-refractivity contribution in [2.24, 2.45) is 30.4 Å². The second-order valence-corrected chi connectivity index (χ2v) is 11.6. The molecule has 0 saturated heterocycles. The normalized spacial score (nSPS) is 15.1. The summed E-state index contributed by atoms with van der Waals surface area (Å²) < 4.78 is 1.92. The molecule has 2 aromatic carbocycles. The van der Waals surface area contributed by atoms with Gasteiger partial charge in [-0.15, -0.1) is 31.8 Å². The van der Waals surface area contributed by atoms with Crippen LogP contribution >= 0.6 is 34.5 Å². The maximum Gasteiger partial charge on any atom is 0.348 e. The molecule has 5 heterocycles. The van der Waals surface area contributed by atoms with Gasteiger partial charge in [0, 0.05) is 21.4 Å².